The van der Waals surface area contributed by atoms with Gasteiger partial charge in [-0.3, -0.25) is 14.4 Å². The number of nitrogens with one attached hydrogen (secondary N) is 1. The molecule has 2 aromatic rings. The van der Waals surface area contributed by atoms with Gasteiger partial charge in [-0.2, -0.15) is 11.3 Å². The summed E-state index contributed by atoms with van der Waals surface area (Å²) in [4.78, 5) is 35.0. The molecule has 1 heterocycles. The molecule has 0 spiro atoms. The summed E-state index contributed by atoms with van der Waals surface area (Å²) in [6.45, 7) is 3.01. The van der Waals surface area contributed by atoms with Crippen LogP contribution >= 0.6 is 11.3 Å². The average molecular weight is 345 g/mol. The molecule has 0 aliphatic heterocycles. The van der Waals surface area contributed by atoms with Gasteiger partial charge in [0.2, 0.25) is 0 Å². The number of rotatable bonds is 7. The van der Waals surface area contributed by atoms with Gasteiger partial charge in [0, 0.05) is 17.7 Å². The van der Waals surface area contributed by atoms with Crippen LogP contribution in [0.2, 0.25) is 0 Å². The van der Waals surface area contributed by atoms with Crippen LogP contribution in [0.1, 0.15) is 36.2 Å². The SMILES string of the molecule is CC(=O)c1ccc(NC(=O)[C@H](C)OC(=O)CCc2ccsc2)cc1. The minimum Gasteiger partial charge on any atom is -0.453 e. The van der Waals surface area contributed by atoms with E-state index >= 15 is 0 Å². The lowest BCUT2D eigenvalue weighted by Crippen LogP contribution is -2.30. The summed E-state index contributed by atoms with van der Waals surface area (Å²) in [6.07, 6.45) is -0.0438. The molecule has 24 heavy (non-hydrogen) atoms. The Labute approximate surface area is 144 Å². The number of anilines is 1. The summed E-state index contributed by atoms with van der Waals surface area (Å²) in [5.41, 5.74) is 2.20. The van der Waals surface area contributed by atoms with Crippen LogP contribution in [-0.4, -0.2) is 23.8 Å². The molecular formula is C18H19NO4S. The molecule has 0 aliphatic carbocycles. The van der Waals surface area contributed by atoms with Crippen molar-refractivity contribution in [1.82, 2.24) is 0 Å². The molecule has 0 aliphatic rings. The summed E-state index contributed by atoms with van der Waals surface area (Å²) < 4.78 is 5.14. The largest absolute Gasteiger partial charge is 0.453 e. The average Bonchev–Trinajstić information content (AvgIpc) is 3.06. The van der Waals surface area contributed by atoms with Crippen molar-refractivity contribution in [3.8, 4) is 0 Å². The van der Waals surface area contributed by atoms with Crippen LogP contribution in [0.3, 0.4) is 0 Å². The first-order valence-corrected chi connectivity index (χ1v) is 8.52. The number of ether oxygens (including phenoxy) is 1. The topological polar surface area (TPSA) is 72.5 Å². The van der Waals surface area contributed by atoms with Crippen LogP contribution in [-0.2, 0) is 20.7 Å². The second kappa shape index (κ2) is 8.40. The molecule has 6 heteroatoms. The Balaban J connectivity index is 1.80. The van der Waals surface area contributed by atoms with Gasteiger partial charge in [0.15, 0.2) is 11.9 Å². The Morgan fingerprint density at radius 3 is 2.46 bits per heavy atom. The van der Waals surface area contributed by atoms with Crippen molar-refractivity contribution >= 4 is 34.7 Å². The number of carbonyl (C=O) groups excluding carboxylic acids is 3. The Morgan fingerprint density at radius 2 is 1.88 bits per heavy atom. The predicted molar refractivity (Wildman–Crippen MR) is 93.3 cm³/mol. The highest BCUT2D eigenvalue weighted by Gasteiger charge is 2.18. The maximum atomic E-state index is 12.0. The van der Waals surface area contributed by atoms with Crippen molar-refractivity contribution < 1.29 is 19.1 Å². The number of benzene rings is 1. The fourth-order valence-corrected chi connectivity index (χ4v) is 2.73. The molecule has 0 saturated carbocycles. The molecule has 0 saturated heterocycles. The van der Waals surface area contributed by atoms with Crippen molar-refractivity contribution in [3.63, 3.8) is 0 Å². The van der Waals surface area contributed by atoms with Crippen molar-refractivity contribution in [2.24, 2.45) is 0 Å². The van der Waals surface area contributed by atoms with E-state index < -0.39 is 18.0 Å². The van der Waals surface area contributed by atoms with Gasteiger partial charge < -0.3 is 10.1 Å². The minimum absolute atomic E-state index is 0.0409. The van der Waals surface area contributed by atoms with Crippen LogP contribution in [0.4, 0.5) is 5.69 Å². The first kappa shape index (κ1) is 17.9. The lowest BCUT2D eigenvalue weighted by Gasteiger charge is -2.13. The van der Waals surface area contributed by atoms with Crippen LogP contribution in [0.15, 0.2) is 41.1 Å². The zero-order valence-corrected chi connectivity index (χ0v) is 14.4. The van der Waals surface area contributed by atoms with E-state index in [0.29, 0.717) is 17.7 Å². The predicted octanol–water partition coefficient (Wildman–Crippen LogP) is 3.45. The van der Waals surface area contributed by atoms with E-state index in [9.17, 15) is 14.4 Å². The van der Waals surface area contributed by atoms with Gasteiger partial charge in [-0.25, -0.2) is 0 Å². The third kappa shape index (κ3) is 5.31. The highest BCUT2D eigenvalue weighted by molar-refractivity contribution is 7.07. The monoisotopic (exact) mass is 345 g/mol. The molecule has 1 amide bonds. The van der Waals surface area contributed by atoms with Gasteiger partial charge in [0.25, 0.3) is 5.91 Å². The number of hydrogen-bond acceptors (Lipinski definition) is 5. The molecule has 1 aromatic heterocycles. The van der Waals surface area contributed by atoms with Gasteiger partial charge in [-0.15, -0.1) is 0 Å². The zero-order chi connectivity index (χ0) is 17.5. The van der Waals surface area contributed by atoms with Crippen LogP contribution in [0.5, 0.6) is 0 Å². The van der Waals surface area contributed by atoms with Gasteiger partial charge in [-0.05, 0) is 66.9 Å². The van der Waals surface area contributed by atoms with Crippen molar-refractivity contribution in [3.05, 3.63) is 52.2 Å². The van der Waals surface area contributed by atoms with E-state index in [1.807, 2.05) is 16.8 Å². The number of amides is 1. The first-order valence-electron chi connectivity index (χ1n) is 7.58. The second-order valence-corrected chi connectivity index (χ2v) is 6.17. The number of aryl methyl sites for hydroxylation is 1. The van der Waals surface area contributed by atoms with E-state index in [0.717, 1.165) is 5.56 Å². The van der Waals surface area contributed by atoms with E-state index in [2.05, 4.69) is 5.32 Å². The van der Waals surface area contributed by atoms with E-state index in [1.54, 1.807) is 35.6 Å². The summed E-state index contributed by atoms with van der Waals surface area (Å²) >= 11 is 1.58. The third-order valence-electron chi connectivity index (χ3n) is 3.43. The smallest absolute Gasteiger partial charge is 0.306 e. The number of ketones is 1. The van der Waals surface area contributed by atoms with Gasteiger partial charge in [0.05, 0.1) is 0 Å². The molecular weight excluding hydrogens is 326 g/mol. The third-order valence-corrected chi connectivity index (χ3v) is 4.17. The highest BCUT2D eigenvalue weighted by Crippen LogP contribution is 2.12. The molecule has 1 atom stereocenters. The van der Waals surface area contributed by atoms with E-state index in [4.69, 9.17) is 4.74 Å². The lowest BCUT2D eigenvalue weighted by molar-refractivity contribution is -0.153. The van der Waals surface area contributed by atoms with Crippen LogP contribution in [0.25, 0.3) is 0 Å². The van der Waals surface area contributed by atoms with Crippen molar-refractivity contribution in [2.45, 2.75) is 32.8 Å². The lowest BCUT2D eigenvalue weighted by atomic mass is 10.1. The fourth-order valence-electron chi connectivity index (χ4n) is 2.02. The Morgan fingerprint density at radius 1 is 1.17 bits per heavy atom. The fraction of sp³-hybridized carbons (Fsp3) is 0.278. The summed E-state index contributed by atoms with van der Waals surface area (Å²) in [5.74, 6) is -0.856. The maximum Gasteiger partial charge on any atom is 0.306 e. The van der Waals surface area contributed by atoms with Crippen molar-refractivity contribution in [2.75, 3.05) is 5.32 Å². The maximum absolute atomic E-state index is 12.0. The van der Waals surface area contributed by atoms with Crippen molar-refractivity contribution in [1.29, 1.82) is 0 Å². The molecule has 2 rings (SSSR count). The van der Waals surface area contributed by atoms with Gasteiger partial charge in [-0.1, -0.05) is 0 Å². The van der Waals surface area contributed by atoms with Gasteiger partial charge in [0.1, 0.15) is 0 Å². The normalized spacial score (nSPS) is 11.6. The molecule has 0 unspecified atom stereocenters. The molecule has 1 N–H and O–H groups in total. The summed E-state index contributed by atoms with van der Waals surface area (Å²) in [6, 6.07) is 8.50. The number of hydrogen-bond donors (Lipinski definition) is 1. The van der Waals surface area contributed by atoms with Crippen LogP contribution < -0.4 is 5.32 Å². The van der Waals surface area contributed by atoms with Crippen LogP contribution in [0, 0.1) is 0 Å². The quantitative estimate of drug-likeness (QED) is 0.616. The second-order valence-electron chi connectivity index (χ2n) is 5.39. The Hall–Kier alpha value is -2.47. The molecule has 126 valence electrons. The summed E-state index contributed by atoms with van der Waals surface area (Å²) in [7, 11) is 0. The number of carbonyl (C=O) groups is 3. The van der Waals surface area contributed by atoms with E-state index in [-0.39, 0.29) is 12.2 Å². The van der Waals surface area contributed by atoms with Gasteiger partial charge >= 0.3 is 5.97 Å². The highest BCUT2D eigenvalue weighted by atomic mass is 32.1. The number of thiophene rings is 1. The molecule has 0 radical (unpaired) electrons. The zero-order valence-electron chi connectivity index (χ0n) is 13.6. The summed E-state index contributed by atoms with van der Waals surface area (Å²) in [5, 5.41) is 6.59. The molecule has 0 fully saturated rings. The number of Topliss-reactive ketones (excluding diaryl/α,β-unsaturated/α-hetero) is 1. The molecule has 1 aromatic carbocycles. The minimum atomic E-state index is -0.882. The number of esters is 1. The standard InChI is InChI=1S/C18H19NO4S/c1-12(20)15-4-6-16(7-5-15)19-18(22)13(2)23-17(21)8-3-14-9-10-24-11-14/h4-7,9-11,13H,3,8H2,1-2H3,(H,19,22)/t13-/m0/s1. The Bertz CT molecular complexity index is 707. The van der Waals surface area contributed by atoms with E-state index in [1.165, 1.54) is 13.8 Å². The molecule has 0 bridgehead atoms. The molecule has 5 nitrogen and oxygen atoms in total. The first-order chi connectivity index (χ1) is 11.5. The Kier molecular flexibility index (Phi) is 6.26.